The molecule has 0 spiro atoms. The molecule has 1 heterocycles. The fourth-order valence-electron chi connectivity index (χ4n) is 1.43. The van der Waals surface area contributed by atoms with Crippen LogP contribution in [0.4, 0.5) is 0 Å². The van der Waals surface area contributed by atoms with E-state index in [4.69, 9.17) is 0 Å². The van der Waals surface area contributed by atoms with Crippen molar-refractivity contribution in [3.8, 4) is 0 Å². The van der Waals surface area contributed by atoms with Crippen LogP contribution in [0.2, 0.25) is 0 Å². The van der Waals surface area contributed by atoms with Crippen molar-refractivity contribution in [3.05, 3.63) is 11.4 Å². The van der Waals surface area contributed by atoms with E-state index in [1.165, 1.54) is 12.8 Å². The van der Waals surface area contributed by atoms with Gasteiger partial charge in [0.05, 0.1) is 5.69 Å². The van der Waals surface area contributed by atoms with Gasteiger partial charge in [0.15, 0.2) is 6.29 Å². The molecule has 12 heavy (non-hydrogen) atoms. The van der Waals surface area contributed by atoms with E-state index in [0.717, 1.165) is 18.5 Å². The van der Waals surface area contributed by atoms with Crippen molar-refractivity contribution in [2.24, 2.45) is 0 Å². The number of nitrogens with zero attached hydrogens (tertiary/aromatic N) is 3. The molecule has 0 radical (unpaired) electrons. The molecule has 0 unspecified atom stereocenters. The van der Waals surface area contributed by atoms with Crippen molar-refractivity contribution in [1.29, 1.82) is 0 Å². The number of aryl methyl sites for hydroxylation is 1. The number of hydrogen-bond acceptors (Lipinski definition) is 3. The maximum atomic E-state index is 10.6. The van der Waals surface area contributed by atoms with Crippen LogP contribution in [0.3, 0.4) is 0 Å². The summed E-state index contributed by atoms with van der Waals surface area (Å²) < 4.78 is 1.82. The smallest absolute Gasteiger partial charge is 0.172 e. The van der Waals surface area contributed by atoms with Gasteiger partial charge in [-0.05, 0) is 19.8 Å². The van der Waals surface area contributed by atoms with Crippen LogP contribution in [0.25, 0.3) is 0 Å². The molecule has 0 saturated heterocycles. The lowest BCUT2D eigenvalue weighted by Crippen LogP contribution is -2.02. The van der Waals surface area contributed by atoms with Gasteiger partial charge < -0.3 is 0 Å². The van der Waals surface area contributed by atoms with Gasteiger partial charge in [0.2, 0.25) is 0 Å². The summed E-state index contributed by atoms with van der Waals surface area (Å²) in [6, 6.07) is 0. The molecule has 0 aliphatic heterocycles. The Morgan fingerprint density at radius 3 is 2.92 bits per heavy atom. The molecule has 1 aromatic rings. The van der Waals surface area contributed by atoms with E-state index in [1.54, 1.807) is 0 Å². The van der Waals surface area contributed by atoms with E-state index < -0.39 is 0 Å². The van der Waals surface area contributed by atoms with E-state index in [-0.39, 0.29) is 0 Å². The number of carbonyl (C=O) groups excluding carboxylic acids is 1. The third kappa shape index (κ3) is 1.03. The first-order chi connectivity index (χ1) is 5.86. The first-order valence-electron chi connectivity index (χ1n) is 4.25. The summed E-state index contributed by atoms with van der Waals surface area (Å²) in [5.41, 5.74) is 1.56. The zero-order valence-electron chi connectivity index (χ0n) is 7.03. The summed E-state index contributed by atoms with van der Waals surface area (Å²) in [5, 5.41) is 7.71. The molecule has 1 saturated carbocycles. The summed E-state index contributed by atoms with van der Waals surface area (Å²) in [7, 11) is 0. The lowest BCUT2D eigenvalue weighted by molar-refractivity contribution is 0.111. The van der Waals surface area contributed by atoms with Crippen molar-refractivity contribution in [3.63, 3.8) is 0 Å². The zero-order valence-corrected chi connectivity index (χ0v) is 7.03. The van der Waals surface area contributed by atoms with E-state index in [9.17, 15) is 4.79 Å². The molecule has 0 amide bonds. The quantitative estimate of drug-likeness (QED) is 0.627. The van der Waals surface area contributed by atoms with E-state index in [0.29, 0.717) is 11.6 Å². The Balaban J connectivity index is 2.42. The minimum atomic E-state index is 0.527. The monoisotopic (exact) mass is 165 g/mol. The Morgan fingerprint density at radius 2 is 2.42 bits per heavy atom. The van der Waals surface area contributed by atoms with Gasteiger partial charge >= 0.3 is 0 Å². The van der Waals surface area contributed by atoms with Gasteiger partial charge in [0, 0.05) is 12.5 Å². The second kappa shape index (κ2) is 2.69. The van der Waals surface area contributed by atoms with Gasteiger partial charge in [-0.25, -0.2) is 4.68 Å². The standard InChI is InChI=1S/C8H11N3O/c1-2-11-8(6-3-4-6)7(5-12)9-10-11/h5-6H,2-4H2,1H3. The molecule has 0 bridgehead atoms. The van der Waals surface area contributed by atoms with Crippen LogP contribution in [-0.2, 0) is 6.54 Å². The zero-order chi connectivity index (χ0) is 8.55. The van der Waals surface area contributed by atoms with E-state index in [2.05, 4.69) is 10.3 Å². The van der Waals surface area contributed by atoms with Crippen molar-refractivity contribution in [2.45, 2.75) is 32.2 Å². The molecule has 0 atom stereocenters. The predicted octanol–water partition coefficient (Wildman–Crippen LogP) is 0.988. The molecular weight excluding hydrogens is 154 g/mol. The topological polar surface area (TPSA) is 47.8 Å². The van der Waals surface area contributed by atoms with E-state index in [1.807, 2.05) is 11.6 Å². The molecule has 4 heteroatoms. The average Bonchev–Trinajstić information content (AvgIpc) is 2.85. The number of rotatable bonds is 3. The number of aromatic nitrogens is 3. The summed E-state index contributed by atoms with van der Waals surface area (Å²) in [6.07, 6.45) is 3.15. The third-order valence-corrected chi connectivity index (χ3v) is 2.18. The van der Waals surface area contributed by atoms with Crippen LogP contribution in [0.5, 0.6) is 0 Å². The minimum absolute atomic E-state index is 0.527. The summed E-state index contributed by atoms with van der Waals surface area (Å²) in [4.78, 5) is 10.6. The molecule has 4 nitrogen and oxygen atoms in total. The number of carbonyl (C=O) groups is 1. The Morgan fingerprint density at radius 1 is 1.67 bits per heavy atom. The average molecular weight is 165 g/mol. The summed E-state index contributed by atoms with van der Waals surface area (Å²) in [5.74, 6) is 0.542. The maximum Gasteiger partial charge on any atom is 0.172 e. The highest BCUT2D eigenvalue weighted by molar-refractivity contribution is 5.73. The highest BCUT2D eigenvalue weighted by atomic mass is 16.1. The highest BCUT2D eigenvalue weighted by Crippen LogP contribution is 2.40. The van der Waals surface area contributed by atoms with Crippen LogP contribution in [0.1, 0.15) is 41.9 Å². The Labute approximate surface area is 70.6 Å². The Bertz CT molecular complexity index is 301. The van der Waals surface area contributed by atoms with E-state index >= 15 is 0 Å². The fraction of sp³-hybridized carbons (Fsp3) is 0.625. The van der Waals surface area contributed by atoms with Crippen molar-refractivity contribution >= 4 is 6.29 Å². The molecule has 1 aromatic heterocycles. The predicted molar refractivity (Wildman–Crippen MR) is 43.1 cm³/mol. The maximum absolute atomic E-state index is 10.6. The second-order valence-corrected chi connectivity index (χ2v) is 3.07. The fourth-order valence-corrected chi connectivity index (χ4v) is 1.43. The lowest BCUT2D eigenvalue weighted by Gasteiger charge is -1.99. The van der Waals surface area contributed by atoms with Gasteiger partial charge in [-0.1, -0.05) is 5.21 Å². The second-order valence-electron chi connectivity index (χ2n) is 3.07. The minimum Gasteiger partial charge on any atom is -0.296 e. The van der Waals surface area contributed by atoms with Crippen LogP contribution in [-0.4, -0.2) is 21.3 Å². The molecule has 1 aliphatic rings. The SMILES string of the molecule is CCn1nnc(C=O)c1C1CC1. The first-order valence-corrected chi connectivity index (χ1v) is 4.25. The molecule has 2 rings (SSSR count). The third-order valence-electron chi connectivity index (χ3n) is 2.18. The van der Waals surface area contributed by atoms with Crippen LogP contribution >= 0.6 is 0 Å². The van der Waals surface area contributed by atoms with Crippen molar-refractivity contribution < 1.29 is 4.79 Å². The highest BCUT2D eigenvalue weighted by Gasteiger charge is 2.30. The summed E-state index contributed by atoms with van der Waals surface area (Å²) >= 11 is 0. The van der Waals surface area contributed by atoms with Crippen molar-refractivity contribution in [1.82, 2.24) is 15.0 Å². The molecule has 0 N–H and O–H groups in total. The van der Waals surface area contributed by atoms with Crippen LogP contribution in [0.15, 0.2) is 0 Å². The molecule has 1 fully saturated rings. The number of hydrogen-bond donors (Lipinski definition) is 0. The first kappa shape index (κ1) is 7.46. The van der Waals surface area contributed by atoms with Gasteiger partial charge in [-0.15, -0.1) is 5.10 Å². The molecular formula is C8H11N3O. The Hall–Kier alpha value is -1.19. The van der Waals surface area contributed by atoms with Crippen LogP contribution < -0.4 is 0 Å². The van der Waals surface area contributed by atoms with Gasteiger partial charge in [-0.3, -0.25) is 4.79 Å². The molecule has 1 aliphatic carbocycles. The van der Waals surface area contributed by atoms with Crippen molar-refractivity contribution in [2.75, 3.05) is 0 Å². The van der Waals surface area contributed by atoms with Crippen LogP contribution in [0, 0.1) is 0 Å². The molecule has 0 aromatic carbocycles. The Kier molecular flexibility index (Phi) is 1.67. The van der Waals surface area contributed by atoms with Gasteiger partial charge in [0.1, 0.15) is 5.69 Å². The lowest BCUT2D eigenvalue weighted by atomic mass is 10.2. The molecule has 64 valence electrons. The van der Waals surface area contributed by atoms with Gasteiger partial charge in [0.25, 0.3) is 0 Å². The number of aldehydes is 1. The summed E-state index contributed by atoms with van der Waals surface area (Å²) in [6.45, 7) is 2.81. The normalized spacial score (nSPS) is 16.4. The largest absolute Gasteiger partial charge is 0.296 e. The van der Waals surface area contributed by atoms with Gasteiger partial charge in [-0.2, -0.15) is 0 Å².